The lowest BCUT2D eigenvalue weighted by atomic mass is 10.3. The van der Waals surface area contributed by atoms with Gasteiger partial charge in [-0.05, 0) is 63.5 Å². The number of hydrogen-bond donors (Lipinski definition) is 5. The van der Waals surface area contributed by atoms with Gasteiger partial charge in [-0.1, -0.05) is 58.0 Å². The van der Waals surface area contributed by atoms with Crippen LogP contribution in [0, 0.1) is 11.6 Å². The maximum absolute atomic E-state index is 13.8. The lowest BCUT2D eigenvalue weighted by Crippen LogP contribution is -2.21. The van der Waals surface area contributed by atoms with Gasteiger partial charge < -0.3 is 20.9 Å². The molecule has 19 heteroatoms. The first kappa shape index (κ1) is 36.7. The van der Waals surface area contributed by atoms with E-state index in [-0.39, 0.29) is 22.9 Å². The molecule has 2 aromatic heterocycles. The van der Waals surface area contributed by atoms with Crippen LogP contribution < -0.4 is 26.6 Å². The Morgan fingerprint density at radius 1 is 0.717 bits per heavy atom. The summed E-state index contributed by atoms with van der Waals surface area (Å²) in [5.74, 6) is -1.50. The number of hydrogen-bond acceptors (Lipinski definition) is 8. The third-order valence-electron chi connectivity index (χ3n) is 5.33. The molecule has 0 fully saturated rings. The summed E-state index contributed by atoms with van der Waals surface area (Å²) in [5.41, 5.74) is 0.867. The molecule has 0 spiro atoms. The topological polar surface area (TPSA) is 149 Å². The summed E-state index contributed by atoms with van der Waals surface area (Å²) in [5, 5.41) is 13.6. The summed E-state index contributed by atoms with van der Waals surface area (Å²) in [6.45, 7) is 1.40. The summed E-state index contributed by atoms with van der Waals surface area (Å²) in [7, 11) is 3.92. The molecule has 5 N–H and O–H groups in total. The molecular formula is C27H25Cl5F2N10O2. The van der Waals surface area contributed by atoms with Crippen molar-refractivity contribution in [3.8, 4) is 0 Å². The molecular weight excluding hydrogens is 712 g/mol. The maximum Gasteiger partial charge on any atom is 0.326 e. The predicted molar refractivity (Wildman–Crippen MR) is 179 cm³/mol. The number of carbonyl (C=O) groups excluding carboxylic acids is 2. The quantitative estimate of drug-likeness (QED) is 0.0854. The molecule has 0 atom stereocenters. The van der Waals surface area contributed by atoms with Gasteiger partial charge >= 0.3 is 12.1 Å². The number of halogens is 7. The number of urea groups is 2. The van der Waals surface area contributed by atoms with Gasteiger partial charge in [0.1, 0.15) is 0 Å². The average Bonchev–Trinajstić information content (AvgIpc) is 2.98. The van der Waals surface area contributed by atoms with Crippen LogP contribution >= 0.6 is 58.0 Å². The lowest BCUT2D eigenvalue weighted by Gasteiger charge is -2.11. The molecule has 2 aromatic carbocycles. The average molecular weight is 737 g/mol. The molecule has 0 aliphatic heterocycles. The van der Waals surface area contributed by atoms with E-state index in [9.17, 15) is 18.4 Å². The van der Waals surface area contributed by atoms with Gasteiger partial charge in [0.25, 0.3) is 0 Å². The third-order valence-corrected chi connectivity index (χ3v) is 7.07. The number of aromatic nitrogens is 4. The van der Waals surface area contributed by atoms with E-state index in [0.29, 0.717) is 38.0 Å². The van der Waals surface area contributed by atoms with Crippen molar-refractivity contribution < 1.29 is 18.4 Å². The van der Waals surface area contributed by atoms with Gasteiger partial charge in [-0.25, -0.2) is 28.3 Å². The maximum atomic E-state index is 13.8. The van der Waals surface area contributed by atoms with E-state index in [0.717, 1.165) is 25.4 Å². The number of benzene rings is 2. The zero-order valence-corrected chi connectivity index (χ0v) is 27.7. The second kappa shape index (κ2) is 17.8. The van der Waals surface area contributed by atoms with Crippen molar-refractivity contribution in [1.29, 1.82) is 0 Å². The molecule has 12 nitrogen and oxygen atoms in total. The van der Waals surface area contributed by atoms with E-state index in [1.807, 2.05) is 19.0 Å². The number of amides is 4. The minimum absolute atomic E-state index is 0.0286. The van der Waals surface area contributed by atoms with Crippen molar-refractivity contribution in [2.45, 2.75) is 6.42 Å². The molecule has 0 saturated carbocycles. The van der Waals surface area contributed by atoms with Crippen molar-refractivity contribution >= 4 is 99.2 Å². The SMILES string of the molecule is CN(C)CCCNc1nc(NC(=O)Nc2ccc(Cl)c(Cl)c2)ncc1F.O=C(Nc1ccc(Cl)c(Cl)c1)Nc1ncc(F)c(Cl)n1. The third kappa shape index (κ3) is 12.2. The van der Waals surface area contributed by atoms with Gasteiger partial charge in [0, 0.05) is 17.9 Å². The first-order valence-corrected chi connectivity index (χ1v) is 14.8. The highest BCUT2D eigenvalue weighted by Gasteiger charge is 2.11. The number of carbonyl (C=O) groups is 2. The molecule has 0 aliphatic rings. The first-order valence-electron chi connectivity index (χ1n) is 13.0. The second-order valence-corrected chi connectivity index (χ2v) is 11.2. The molecule has 0 unspecified atom stereocenters. The van der Waals surface area contributed by atoms with E-state index in [2.05, 4.69) is 46.5 Å². The Morgan fingerprint density at radius 2 is 1.22 bits per heavy atom. The minimum Gasteiger partial charge on any atom is -0.367 e. The summed E-state index contributed by atoms with van der Waals surface area (Å²) in [6.07, 6.45) is 2.66. The standard InChI is InChI=1S/C16H19Cl2FN6O.C11H6Cl3FN4O/c1-25(2)7-3-6-20-14-13(19)9-21-15(23-14)24-16(26)22-10-4-5-11(17)12(18)8-10;12-6-2-1-5(3-7(6)13)17-11(20)19-10-16-4-8(15)9(14)18-10/h4-5,8-9H,3,6-7H2,1-2H3,(H3,20,21,22,23,24,26);1-4H,(H2,16,17,18,19,20). The van der Waals surface area contributed by atoms with Crippen LogP contribution in [0.15, 0.2) is 48.8 Å². The smallest absolute Gasteiger partial charge is 0.326 e. The zero-order valence-electron chi connectivity index (χ0n) is 23.9. The fraction of sp³-hybridized carbons (Fsp3) is 0.185. The Labute approximate surface area is 287 Å². The molecule has 0 aliphatic carbocycles. The normalized spacial score (nSPS) is 10.5. The largest absolute Gasteiger partial charge is 0.367 e. The number of nitrogens with one attached hydrogen (secondary N) is 5. The van der Waals surface area contributed by atoms with Crippen LogP contribution in [0.2, 0.25) is 25.2 Å². The molecule has 4 aromatic rings. The van der Waals surface area contributed by atoms with Crippen LogP contribution in [0.25, 0.3) is 0 Å². The van der Waals surface area contributed by atoms with Crippen molar-refractivity contribution in [3.63, 3.8) is 0 Å². The Hall–Kier alpha value is -3.79. The zero-order chi connectivity index (χ0) is 33.8. The number of anilines is 5. The number of rotatable bonds is 9. The van der Waals surface area contributed by atoms with Crippen LogP contribution in [0.1, 0.15) is 6.42 Å². The van der Waals surface area contributed by atoms with Crippen molar-refractivity contribution in [3.05, 3.63) is 85.7 Å². The van der Waals surface area contributed by atoms with Crippen molar-refractivity contribution in [1.82, 2.24) is 24.8 Å². The summed E-state index contributed by atoms with van der Waals surface area (Å²) >= 11 is 28.7. The Kier molecular flexibility index (Phi) is 14.2. The minimum atomic E-state index is -0.776. The van der Waals surface area contributed by atoms with Gasteiger partial charge in [-0.15, -0.1) is 0 Å². The van der Waals surface area contributed by atoms with E-state index in [1.165, 1.54) is 18.2 Å². The lowest BCUT2D eigenvalue weighted by molar-refractivity contribution is 0.261. The van der Waals surface area contributed by atoms with Crippen molar-refractivity contribution in [2.24, 2.45) is 0 Å². The summed E-state index contributed by atoms with van der Waals surface area (Å²) < 4.78 is 26.6. The van der Waals surface area contributed by atoms with Gasteiger partial charge in [0.2, 0.25) is 11.9 Å². The van der Waals surface area contributed by atoms with Crippen molar-refractivity contribution in [2.75, 3.05) is 53.8 Å². The van der Waals surface area contributed by atoms with Crippen LogP contribution in [0.4, 0.5) is 47.5 Å². The predicted octanol–water partition coefficient (Wildman–Crippen LogP) is 8.15. The van der Waals surface area contributed by atoms with E-state index >= 15 is 0 Å². The highest BCUT2D eigenvalue weighted by Crippen LogP contribution is 2.26. The fourth-order valence-electron chi connectivity index (χ4n) is 3.24. The van der Waals surface area contributed by atoms with Crippen LogP contribution in [-0.4, -0.2) is 64.1 Å². The first-order chi connectivity index (χ1) is 21.8. The van der Waals surface area contributed by atoms with Crippen LogP contribution in [0.3, 0.4) is 0 Å². The molecule has 0 saturated heterocycles. The molecule has 4 rings (SSSR count). The molecule has 0 radical (unpaired) electrons. The summed E-state index contributed by atoms with van der Waals surface area (Å²) in [6, 6.07) is 8.01. The van der Waals surface area contributed by atoms with E-state index in [1.54, 1.807) is 18.2 Å². The molecule has 46 heavy (non-hydrogen) atoms. The monoisotopic (exact) mass is 734 g/mol. The highest BCUT2D eigenvalue weighted by molar-refractivity contribution is 6.42. The van der Waals surface area contributed by atoms with Crippen LogP contribution in [0.5, 0.6) is 0 Å². The second-order valence-electron chi connectivity index (χ2n) is 9.22. The van der Waals surface area contributed by atoms with Gasteiger partial charge in [0.15, 0.2) is 22.6 Å². The molecule has 4 amide bonds. The summed E-state index contributed by atoms with van der Waals surface area (Å²) in [4.78, 5) is 40.5. The van der Waals surface area contributed by atoms with Crippen LogP contribution in [-0.2, 0) is 0 Å². The van der Waals surface area contributed by atoms with E-state index < -0.39 is 23.7 Å². The fourth-order valence-corrected chi connectivity index (χ4v) is 3.96. The van der Waals surface area contributed by atoms with E-state index in [4.69, 9.17) is 58.0 Å². The molecule has 0 bridgehead atoms. The molecule has 244 valence electrons. The van der Waals surface area contributed by atoms with Gasteiger partial charge in [0.05, 0.1) is 32.5 Å². The number of nitrogens with zero attached hydrogens (tertiary/aromatic N) is 5. The Balaban J connectivity index is 0.000000259. The molecule has 2 heterocycles. The Morgan fingerprint density at radius 3 is 1.70 bits per heavy atom. The van der Waals surface area contributed by atoms with Gasteiger partial charge in [-0.3, -0.25) is 10.6 Å². The highest BCUT2D eigenvalue weighted by atomic mass is 35.5. The Bertz CT molecular complexity index is 1630. The van der Waals surface area contributed by atoms with Gasteiger partial charge in [-0.2, -0.15) is 9.97 Å².